The number of halogens is 1. The van der Waals surface area contributed by atoms with Gasteiger partial charge in [-0.1, -0.05) is 25.5 Å². The normalized spacial score (nSPS) is 24.0. The zero-order chi connectivity index (χ0) is 32.2. The average Bonchev–Trinajstić information content (AvgIpc) is 3.79. The van der Waals surface area contributed by atoms with Gasteiger partial charge in [-0.15, -0.1) is 0 Å². The highest BCUT2D eigenvalue weighted by Crippen LogP contribution is 2.50. The van der Waals surface area contributed by atoms with Crippen molar-refractivity contribution in [1.82, 2.24) is 10.2 Å². The van der Waals surface area contributed by atoms with Gasteiger partial charge in [0.05, 0.1) is 17.3 Å². The van der Waals surface area contributed by atoms with Gasteiger partial charge in [-0.25, -0.2) is 17.6 Å². The molecule has 2 aromatic rings. The van der Waals surface area contributed by atoms with Crippen molar-refractivity contribution in [1.29, 1.82) is 0 Å². The molecular formula is C34H44FN3O6S. The standard InChI is InChI=1S/C33H44FN3O4S.CO2/c1-33(25-5-3-6-26(34)19-25,30-7-4-8-31(30)35-32(38)41-2)24-15-17-36(18-16-24)20-23-21-37(22-23)27-9-11-28(12-10-27)42(39,40)29-13-14-29;2-1-3/h3,5-6,9-12,19,23-24,29-31H,4,7-8,13-18,20-22H2,1-2H3,(H,35,38);/t30-,31-,33-;/m0./s1. The lowest BCUT2D eigenvalue weighted by molar-refractivity contribution is -0.191. The number of anilines is 1. The first kappa shape index (κ1) is 33.1. The predicted molar refractivity (Wildman–Crippen MR) is 167 cm³/mol. The molecule has 4 fully saturated rings. The summed E-state index contributed by atoms with van der Waals surface area (Å²) in [6, 6.07) is 14.6. The number of rotatable bonds is 9. The Balaban J connectivity index is 0.00000128. The number of sulfone groups is 1. The van der Waals surface area contributed by atoms with Crippen LogP contribution in [0.5, 0.6) is 0 Å². The van der Waals surface area contributed by atoms with Crippen molar-refractivity contribution in [3.63, 3.8) is 0 Å². The number of methoxy groups -OCH3 is 1. The smallest absolute Gasteiger partial charge is 0.407 e. The van der Waals surface area contributed by atoms with Crippen molar-refractivity contribution < 1.29 is 31.9 Å². The fraction of sp³-hybridized carbons (Fsp3) is 0.588. The number of alkyl carbamates (subject to hydrolysis) is 1. The lowest BCUT2D eigenvalue weighted by atomic mass is 9.59. The molecule has 0 radical (unpaired) electrons. The lowest BCUT2D eigenvalue weighted by Gasteiger charge is -2.49. The molecule has 0 aromatic heterocycles. The Morgan fingerprint density at radius 1 is 1.02 bits per heavy atom. The summed E-state index contributed by atoms with van der Waals surface area (Å²) in [5.41, 5.74) is 1.88. The number of ether oxygens (including phenoxy) is 1. The molecule has 2 saturated carbocycles. The molecule has 11 heteroatoms. The lowest BCUT2D eigenvalue weighted by Crippen LogP contribution is -2.54. The van der Waals surface area contributed by atoms with Crippen molar-refractivity contribution in [3.05, 3.63) is 59.9 Å². The van der Waals surface area contributed by atoms with E-state index in [1.165, 1.54) is 13.2 Å². The van der Waals surface area contributed by atoms with Gasteiger partial charge in [-0.2, -0.15) is 9.59 Å². The van der Waals surface area contributed by atoms with Crippen LogP contribution in [0.3, 0.4) is 0 Å². The minimum Gasteiger partial charge on any atom is -0.453 e. The molecule has 0 unspecified atom stereocenters. The topological polar surface area (TPSA) is 113 Å². The molecule has 3 atom stereocenters. The molecule has 2 heterocycles. The highest BCUT2D eigenvalue weighted by molar-refractivity contribution is 7.92. The summed E-state index contributed by atoms with van der Waals surface area (Å²) in [7, 11) is -1.74. The number of carbonyl (C=O) groups is 1. The van der Waals surface area contributed by atoms with Crippen LogP contribution in [-0.2, 0) is 29.6 Å². The molecular weight excluding hydrogens is 597 g/mol. The van der Waals surface area contributed by atoms with Crippen LogP contribution in [-0.4, -0.2) is 76.7 Å². The first-order valence-corrected chi connectivity index (χ1v) is 17.6. The third-order valence-electron chi connectivity index (χ3n) is 10.6. The maximum absolute atomic E-state index is 14.5. The molecule has 45 heavy (non-hydrogen) atoms. The third kappa shape index (κ3) is 7.26. The van der Waals surface area contributed by atoms with E-state index in [-0.39, 0.29) is 34.6 Å². The summed E-state index contributed by atoms with van der Waals surface area (Å²) < 4.78 is 44.4. The predicted octanol–water partition coefficient (Wildman–Crippen LogP) is 4.81. The van der Waals surface area contributed by atoms with Crippen LogP contribution in [0.4, 0.5) is 14.9 Å². The molecule has 4 aliphatic rings. The van der Waals surface area contributed by atoms with E-state index in [1.54, 1.807) is 18.2 Å². The molecule has 9 nitrogen and oxygen atoms in total. The summed E-state index contributed by atoms with van der Waals surface area (Å²) in [5, 5.41) is 2.92. The number of nitrogens with zero attached hydrogens (tertiary/aromatic N) is 2. The van der Waals surface area contributed by atoms with Crippen LogP contribution < -0.4 is 10.2 Å². The van der Waals surface area contributed by atoms with E-state index < -0.39 is 15.9 Å². The number of hydrogen-bond donors (Lipinski definition) is 1. The Labute approximate surface area is 265 Å². The van der Waals surface area contributed by atoms with Gasteiger partial charge in [-0.05, 0) is 105 Å². The number of hydrogen-bond acceptors (Lipinski definition) is 8. The Morgan fingerprint density at radius 2 is 1.69 bits per heavy atom. The largest absolute Gasteiger partial charge is 0.453 e. The second-order valence-electron chi connectivity index (χ2n) is 13.2. The molecule has 1 N–H and O–H groups in total. The summed E-state index contributed by atoms with van der Waals surface area (Å²) in [6.45, 7) is 7.36. The number of likely N-dealkylation sites (tertiary alicyclic amines) is 1. The third-order valence-corrected chi connectivity index (χ3v) is 12.9. The maximum Gasteiger partial charge on any atom is 0.407 e. The average molecular weight is 642 g/mol. The SMILES string of the molecule is COC(=O)N[C@H]1CCC[C@@H]1[C@](C)(c1cccc(F)c1)C1CCN(CC2CN(c3ccc(S(=O)(=O)C4CC4)cc3)C2)CC1.O=C=O. The quantitative estimate of drug-likeness (QED) is 0.415. The van der Waals surface area contributed by atoms with E-state index in [0.717, 1.165) is 88.9 Å². The van der Waals surface area contributed by atoms with Crippen molar-refractivity contribution in [2.75, 3.05) is 44.7 Å². The van der Waals surface area contributed by atoms with Gasteiger partial charge in [0.15, 0.2) is 9.84 Å². The van der Waals surface area contributed by atoms with Crippen LogP contribution in [0.2, 0.25) is 0 Å². The molecule has 6 rings (SSSR count). The van der Waals surface area contributed by atoms with Gasteiger partial charge in [-0.3, -0.25) is 0 Å². The van der Waals surface area contributed by atoms with E-state index in [4.69, 9.17) is 14.3 Å². The fourth-order valence-electron chi connectivity index (χ4n) is 8.03. The molecule has 0 bridgehead atoms. The minimum atomic E-state index is -3.15. The second kappa shape index (κ2) is 14.0. The number of nitrogens with one attached hydrogen (secondary N) is 1. The fourth-order valence-corrected chi connectivity index (χ4v) is 9.69. The maximum atomic E-state index is 14.5. The summed E-state index contributed by atoms with van der Waals surface area (Å²) in [6.07, 6.45) is 6.48. The highest BCUT2D eigenvalue weighted by atomic mass is 32.2. The molecule has 2 aliphatic heterocycles. The monoisotopic (exact) mass is 641 g/mol. The molecule has 0 spiro atoms. The molecule has 1 amide bonds. The first-order chi connectivity index (χ1) is 21.6. The van der Waals surface area contributed by atoms with Crippen LogP contribution >= 0.6 is 0 Å². The summed E-state index contributed by atoms with van der Waals surface area (Å²) >= 11 is 0. The van der Waals surface area contributed by atoms with E-state index in [9.17, 15) is 17.6 Å². The van der Waals surface area contributed by atoms with Crippen LogP contribution in [0, 0.1) is 23.6 Å². The Morgan fingerprint density at radius 3 is 2.29 bits per heavy atom. The van der Waals surface area contributed by atoms with Crippen LogP contribution in [0.25, 0.3) is 0 Å². The van der Waals surface area contributed by atoms with Gasteiger partial charge in [0, 0.05) is 42.7 Å². The zero-order valence-electron chi connectivity index (χ0n) is 26.1. The van der Waals surface area contributed by atoms with Gasteiger partial charge >= 0.3 is 12.2 Å². The van der Waals surface area contributed by atoms with Crippen LogP contribution in [0.15, 0.2) is 53.4 Å². The summed E-state index contributed by atoms with van der Waals surface area (Å²) in [4.78, 5) is 33.8. The van der Waals surface area contributed by atoms with E-state index >= 15 is 0 Å². The van der Waals surface area contributed by atoms with Crippen molar-refractivity contribution >= 4 is 27.8 Å². The van der Waals surface area contributed by atoms with Gasteiger partial charge in [0.25, 0.3) is 0 Å². The highest BCUT2D eigenvalue weighted by Gasteiger charge is 2.49. The van der Waals surface area contributed by atoms with Crippen molar-refractivity contribution in [2.45, 2.75) is 73.5 Å². The van der Waals surface area contributed by atoms with E-state index in [2.05, 4.69) is 28.1 Å². The Bertz CT molecular complexity index is 1460. The van der Waals surface area contributed by atoms with E-state index in [0.29, 0.717) is 16.7 Å². The van der Waals surface area contributed by atoms with Gasteiger partial charge in [0.1, 0.15) is 5.82 Å². The van der Waals surface area contributed by atoms with E-state index in [1.807, 2.05) is 18.2 Å². The van der Waals surface area contributed by atoms with Gasteiger partial charge in [0.2, 0.25) is 0 Å². The first-order valence-electron chi connectivity index (χ1n) is 16.0. The molecule has 244 valence electrons. The Hall–Kier alpha value is -3.27. The second-order valence-corrected chi connectivity index (χ2v) is 15.5. The van der Waals surface area contributed by atoms with Gasteiger partial charge < -0.3 is 19.9 Å². The molecule has 2 aliphatic carbocycles. The number of benzene rings is 2. The Kier molecular flexibility index (Phi) is 10.3. The number of amides is 1. The summed E-state index contributed by atoms with van der Waals surface area (Å²) in [5.74, 6) is 1.000. The number of piperidine rings is 1. The van der Waals surface area contributed by atoms with Crippen molar-refractivity contribution in [3.8, 4) is 0 Å². The molecule has 2 aromatic carbocycles. The number of carbonyl (C=O) groups excluding carboxylic acids is 3. The minimum absolute atomic E-state index is 0.0209. The zero-order valence-corrected chi connectivity index (χ0v) is 26.9. The molecule has 2 saturated heterocycles. The van der Waals surface area contributed by atoms with Crippen LogP contribution in [0.1, 0.15) is 57.4 Å². The van der Waals surface area contributed by atoms with Crippen molar-refractivity contribution in [2.24, 2.45) is 17.8 Å².